The fraction of sp³-hybridized carbons (Fsp3) is 0.733. The van der Waals surface area contributed by atoms with Gasteiger partial charge in [0.25, 0.3) is 5.91 Å². The molecular formula is C15H23N5O3S. The smallest absolute Gasteiger partial charge is 0.265 e. The molecule has 1 saturated carbocycles. The highest BCUT2D eigenvalue weighted by atomic mass is 32.1. The standard InChI is InChI=1S/C15H23N5O3S/c1-2-3-10-14(24-19-18-10)15(23)17-9-4-5-11(13(9)22)20-7-6-16-12(21)8-20/h9,11,13,22H,2-8H2,1H3,(H,16,21)(H,17,23)/t9-,11-,13-/m1/s1. The van der Waals surface area contributed by atoms with Gasteiger partial charge in [0.15, 0.2) is 0 Å². The number of carbonyl (C=O) groups excluding carboxylic acids is 2. The number of hydrogen-bond acceptors (Lipinski definition) is 7. The molecule has 9 heteroatoms. The maximum Gasteiger partial charge on any atom is 0.265 e. The first-order chi connectivity index (χ1) is 11.6. The van der Waals surface area contributed by atoms with E-state index in [0.717, 1.165) is 43.0 Å². The van der Waals surface area contributed by atoms with Crippen molar-refractivity contribution in [2.45, 2.75) is 50.8 Å². The summed E-state index contributed by atoms with van der Waals surface area (Å²) >= 11 is 1.09. The van der Waals surface area contributed by atoms with Crippen LogP contribution in [-0.4, -0.2) is 69.2 Å². The lowest BCUT2D eigenvalue weighted by atomic mass is 10.1. The number of nitrogens with zero attached hydrogens (tertiary/aromatic N) is 3. The van der Waals surface area contributed by atoms with E-state index in [0.29, 0.717) is 24.4 Å². The van der Waals surface area contributed by atoms with Crippen LogP contribution in [0.25, 0.3) is 0 Å². The van der Waals surface area contributed by atoms with E-state index in [-0.39, 0.29) is 23.9 Å². The first kappa shape index (κ1) is 17.2. The number of hydrogen-bond donors (Lipinski definition) is 3. The summed E-state index contributed by atoms with van der Waals surface area (Å²) in [6, 6.07) is -0.389. The van der Waals surface area contributed by atoms with Gasteiger partial charge < -0.3 is 15.7 Å². The fourth-order valence-electron chi connectivity index (χ4n) is 3.47. The van der Waals surface area contributed by atoms with E-state index < -0.39 is 6.10 Å². The van der Waals surface area contributed by atoms with E-state index in [4.69, 9.17) is 0 Å². The van der Waals surface area contributed by atoms with E-state index in [2.05, 4.69) is 20.2 Å². The molecule has 0 radical (unpaired) electrons. The number of rotatable bonds is 5. The topological polar surface area (TPSA) is 107 Å². The molecule has 1 aromatic heterocycles. The van der Waals surface area contributed by atoms with Gasteiger partial charge in [0.2, 0.25) is 5.91 Å². The van der Waals surface area contributed by atoms with Gasteiger partial charge in [0, 0.05) is 19.1 Å². The van der Waals surface area contributed by atoms with Crippen LogP contribution in [0.3, 0.4) is 0 Å². The number of aryl methyl sites for hydroxylation is 1. The van der Waals surface area contributed by atoms with Gasteiger partial charge in [0.05, 0.1) is 24.4 Å². The Balaban J connectivity index is 1.61. The van der Waals surface area contributed by atoms with Crippen LogP contribution in [0.15, 0.2) is 0 Å². The van der Waals surface area contributed by atoms with Crippen molar-refractivity contribution in [2.24, 2.45) is 0 Å². The molecule has 0 aromatic carbocycles. The Kier molecular flexibility index (Phi) is 5.42. The highest BCUT2D eigenvalue weighted by Crippen LogP contribution is 2.26. The third-order valence-electron chi connectivity index (χ3n) is 4.68. The molecule has 1 aliphatic carbocycles. The lowest BCUT2D eigenvalue weighted by molar-refractivity contribution is -0.125. The molecule has 2 heterocycles. The zero-order chi connectivity index (χ0) is 17.1. The quantitative estimate of drug-likeness (QED) is 0.661. The van der Waals surface area contributed by atoms with Crippen molar-refractivity contribution in [2.75, 3.05) is 19.6 Å². The molecule has 3 rings (SSSR count). The highest BCUT2D eigenvalue weighted by molar-refractivity contribution is 7.08. The molecule has 24 heavy (non-hydrogen) atoms. The monoisotopic (exact) mass is 353 g/mol. The lowest BCUT2D eigenvalue weighted by Gasteiger charge is -2.34. The maximum atomic E-state index is 12.5. The summed E-state index contributed by atoms with van der Waals surface area (Å²) in [7, 11) is 0. The number of nitrogens with one attached hydrogen (secondary N) is 2. The van der Waals surface area contributed by atoms with Gasteiger partial charge in [-0.2, -0.15) is 0 Å². The number of aliphatic hydroxyl groups excluding tert-OH is 1. The van der Waals surface area contributed by atoms with Crippen LogP contribution >= 0.6 is 11.5 Å². The predicted octanol–water partition coefficient (Wildman–Crippen LogP) is -0.456. The van der Waals surface area contributed by atoms with E-state index >= 15 is 0 Å². The van der Waals surface area contributed by atoms with Crippen LogP contribution in [0.2, 0.25) is 0 Å². The van der Waals surface area contributed by atoms with Crippen LogP contribution in [0, 0.1) is 0 Å². The average molecular weight is 353 g/mol. The van der Waals surface area contributed by atoms with Crippen LogP contribution in [0.1, 0.15) is 41.6 Å². The summed E-state index contributed by atoms with van der Waals surface area (Å²) < 4.78 is 3.87. The number of aromatic nitrogens is 2. The van der Waals surface area contributed by atoms with Crippen molar-refractivity contribution in [1.82, 2.24) is 25.1 Å². The molecule has 1 aliphatic heterocycles. The minimum atomic E-state index is -0.671. The fourth-order valence-corrected chi connectivity index (χ4v) is 4.08. The van der Waals surface area contributed by atoms with Crippen molar-refractivity contribution in [3.63, 3.8) is 0 Å². The molecule has 3 N–H and O–H groups in total. The average Bonchev–Trinajstić information content (AvgIpc) is 3.15. The van der Waals surface area contributed by atoms with E-state index in [1.165, 1.54) is 0 Å². The third kappa shape index (κ3) is 3.57. The van der Waals surface area contributed by atoms with E-state index in [1.54, 1.807) is 0 Å². The number of amides is 2. The van der Waals surface area contributed by atoms with Crippen molar-refractivity contribution in [1.29, 1.82) is 0 Å². The first-order valence-corrected chi connectivity index (χ1v) is 9.18. The van der Waals surface area contributed by atoms with Crippen LogP contribution in [0.4, 0.5) is 0 Å². The predicted molar refractivity (Wildman–Crippen MR) is 88.8 cm³/mol. The van der Waals surface area contributed by atoms with Crippen LogP contribution < -0.4 is 10.6 Å². The Morgan fingerprint density at radius 2 is 2.33 bits per heavy atom. The van der Waals surface area contributed by atoms with Crippen molar-refractivity contribution >= 4 is 23.3 Å². The second-order valence-corrected chi connectivity index (χ2v) is 7.09. The Labute approximate surface area is 144 Å². The zero-order valence-corrected chi connectivity index (χ0v) is 14.5. The summed E-state index contributed by atoms with van der Waals surface area (Å²) in [6.07, 6.45) is 2.41. The van der Waals surface area contributed by atoms with Gasteiger partial charge in [-0.1, -0.05) is 17.8 Å². The Hall–Kier alpha value is -1.58. The summed E-state index contributed by atoms with van der Waals surface area (Å²) in [4.78, 5) is 26.5. The second kappa shape index (κ2) is 7.54. The molecular weight excluding hydrogens is 330 g/mol. The SMILES string of the molecule is CCCc1nnsc1C(=O)N[C@@H]1CC[C@@H](N2CCNC(=O)C2)[C@@H]1O. The summed E-state index contributed by atoms with van der Waals surface area (Å²) in [6.45, 7) is 3.67. The number of carbonyl (C=O) groups is 2. The van der Waals surface area contributed by atoms with E-state index in [9.17, 15) is 14.7 Å². The molecule has 1 aromatic rings. The van der Waals surface area contributed by atoms with Crippen LogP contribution in [-0.2, 0) is 11.2 Å². The maximum absolute atomic E-state index is 12.5. The molecule has 132 valence electrons. The number of aliphatic hydroxyl groups is 1. The summed E-state index contributed by atoms with van der Waals surface area (Å²) in [5.41, 5.74) is 0.719. The Morgan fingerprint density at radius 3 is 3.08 bits per heavy atom. The molecule has 2 fully saturated rings. The van der Waals surface area contributed by atoms with Crippen molar-refractivity contribution in [3.8, 4) is 0 Å². The molecule has 3 atom stereocenters. The normalized spacial score (nSPS) is 27.9. The molecule has 2 amide bonds. The summed E-state index contributed by atoms with van der Waals surface area (Å²) in [5.74, 6) is -0.226. The Morgan fingerprint density at radius 1 is 1.50 bits per heavy atom. The minimum Gasteiger partial charge on any atom is -0.389 e. The first-order valence-electron chi connectivity index (χ1n) is 8.41. The molecule has 0 spiro atoms. The molecule has 1 saturated heterocycles. The zero-order valence-electron chi connectivity index (χ0n) is 13.7. The largest absolute Gasteiger partial charge is 0.389 e. The number of piperazine rings is 1. The van der Waals surface area contributed by atoms with Gasteiger partial charge in [-0.3, -0.25) is 14.5 Å². The lowest BCUT2D eigenvalue weighted by Crippen LogP contribution is -2.55. The molecule has 2 aliphatic rings. The van der Waals surface area contributed by atoms with Gasteiger partial charge in [0.1, 0.15) is 4.88 Å². The van der Waals surface area contributed by atoms with Gasteiger partial charge in [-0.15, -0.1) is 5.10 Å². The molecule has 0 unspecified atom stereocenters. The van der Waals surface area contributed by atoms with E-state index in [1.807, 2.05) is 11.8 Å². The summed E-state index contributed by atoms with van der Waals surface area (Å²) in [5, 5.41) is 20.3. The third-order valence-corrected chi connectivity index (χ3v) is 5.45. The Bertz CT molecular complexity index is 608. The molecule has 0 bridgehead atoms. The van der Waals surface area contributed by atoms with Gasteiger partial charge in [-0.05, 0) is 30.8 Å². The van der Waals surface area contributed by atoms with Crippen molar-refractivity contribution in [3.05, 3.63) is 10.6 Å². The molecule has 8 nitrogen and oxygen atoms in total. The van der Waals surface area contributed by atoms with Crippen LogP contribution in [0.5, 0.6) is 0 Å². The van der Waals surface area contributed by atoms with Crippen molar-refractivity contribution < 1.29 is 14.7 Å². The highest BCUT2D eigenvalue weighted by Gasteiger charge is 2.40. The second-order valence-electron chi connectivity index (χ2n) is 6.33. The minimum absolute atomic E-state index is 0.0131. The van der Waals surface area contributed by atoms with Gasteiger partial charge in [-0.25, -0.2) is 0 Å². The van der Waals surface area contributed by atoms with Gasteiger partial charge >= 0.3 is 0 Å².